The highest BCUT2D eigenvalue weighted by Crippen LogP contribution is 2.29. The number of hydrogen-bond acceptors (Lipinski definition) is 4. The van der Waals surface area contributed by atoms with Crippen molar-refractivity contribution in [3.8, 4) is 11.3 Å². The molecule has 1 aromatic heterocycles. The number of pyridine rings is 1. The highest BCUT2D eigenvalue weighted by atomic mass is 79.9. The van der Waals surface area contributed by atoms with Crippen molar-refractivity contribution in [2.75, 3.05) is 5.32 Å². The Balaban J connectivity index is 1.81. The molecule has 1 N–H and O–H groups in total. The van der Waals surface area contributed by atoms with Crippen molar-refractivity contribution in [3.63, 3.8) is 0 Å². The molecule has 0 atom stereocenters. The lowest BCUT2D eigenvalue weighted by atomic mass is 10.0. The van der Waals surface area contributed by atoms with Crippen molar-refractivity contribution in [1.29, 1.82) is 0 Å². The zero-order chi connectivity index (χ0) is 21.3. The number of para-hydroxylation sites is 1. The average Bonchev–Trinajstić information content (AvgIpc) is 2.74. The number of nitrogens with one attached hydrogen (secondary N) is 1. The summed E-state index contributed by atoms with van der Waals surface area (Å²) >= 11 is 3.42. The second kappa shape index (κ2) is 8.04. The topological polar surface area (TPSA) is 85.1 Å². The van der Waals surface area contributed by atoms with Crippen molar-refractivity contribution in [2.45, 2.75) is 6.92 Å². The molecule has 0 saturated carbocycles. The van der Waals surface area contributed by atoms with E-state index in [1.807, 2.05) is 48.5 Å². The quantitative estimate of drug-likeness (QED) is 0.292. The number of aryl methyl sites for hydroxylation is 1. The van der Waals surface area contributed by atoms with E-state index in [1.54, 1.807) is 25.1 Å². The molecule has 148 valence electrons. The third-order valence-electron chi connectivity index (χ3n) is 4.70. The summed E-state index contributed by atoms with van der Waals surface area (Å²) < 4.78 is 0.941. The third-order valence-corrected chi connectivity index (χ3v) is 5.23. The standard InChI is InChI=1S/C23H16BrN3O3/c1-14-6-11-20(22(12-14)27(29)30)26-23(28)18-13-21(15-7-9-16(24)10-8-15)25-19-5-3-2-4-17(18)19/h2-13H,1H3,(H,26,28). The summed E-state index contributed by atoms with van der Waals surface area (Å²) in [5, 5.41) is 14.8. The lowest BCUT2D eigenvalue weighted by molar-refractivity contribution is -0.384. The highest BCUT2D eigenvalue weighted by molar-refractivity contribution is 9.10. The second-order valence-electron chi connectivity index (χ2n) is 6.81. The van der Waals surface area contributed by atoms with Crippen molar-refractivity contribution in [3.05, 3.63) is 98.5 Å². The Morgan fingerprint density at radius 3 is 2.50 bits per heavy atom. The molecule has 4 aromatic rings. The summed E-state index contributed by atoms with van der Waals surface area (Å²) in [5.41, 5.74) is 3.32. The Hall–Kier alpha value is -3.58. The van der Waals surface area contributed by atoms with Gasteiger partial charge in [-0.25, -0.2) is 4.98 Å². The molecule has 0 radical (unpaired) electrons. The summed E-state index contributed by atoms with van der Waals surface area (Å²) in [6.07, 6.45) is 0. The number of fused-ring (bicyclic) bond motifs is 1. The Morgan fingerprint density at radius 1 is 1.03 bits per heavy atom. The number of nitro benzene ring substituents is 1. The van der Waals surface area contributed by atoms with Gasteiger partial charge in [-0.2, -0.15) is 0 Å². The monoisotopic (exact) mass is 461 g/mol. The van der Waals surface area contributed by atoms with Crippen LogP contribution in [0.1, 0.15) is 15.9 Å². The van der Waals surface area contributed by atoms with Crippen LogP contribution in [0, 0.1) is 17.0 Å². The molecule has 0 fully saturated rings. The first-order valence-electron chi connectivity index (χ1n) is 9.14. The van der Waals surface area contributed by atoms with E-state index >= 15 is 0 Å². The van der Waals surface area contributed by atoms with Crippen LogP contribution in [0.3, 0.4) is 0 Å². The maximum atomic E-state index is 13.2. The number of rotatable bonds is 4. The molecule has 1 heterocycles. The number of nitro groups is 1. The molecule has 30 heavy (non-hydrogen) atoms. The van der Waals surface area contributed by atoms with Gasteiger partial charge < -0.3 is 5.32 Å². The average molecular weight is 462 g/mol. The first-order chi connectivity index (χ1) is 14.4. The Labute approximate surface area is 180 Å². The molecule has 0 aliphatic heterocycles. The lowest BCUT2D eigenvalue weighted by Gasteiger charge is -2.11. The normalized spacial score (nSPS) is 10.7. The molecule has 6 nitrogen and oxygen atoms in total. The summed E-state index contributed by atoms with van der Waals surface area (Å²) in [5.74, 6) is -0.432. The molecular weight excluding hydrogens is 446 g/mol. The number of amides is 1. The smallest absolute Gasteiger partial charge is 0.293 e. The number of aromatic nitrogens is 1. The fourth-order valence-electron chi connectivity index (χ4n) is 3.22. The van der Waals surface area contributed by atoms with Gasteiger partial charge in [0.05, 0.1) is 21.7 Å². The van der Waals surface area contributed by atoms with Crippen molar-refractivity contribution in [1.82, 2.24) is 4.98 Å². The van der Waals surface area contributed by atoms with Crippen LogP contribution in [0.25, 0.3) is 22.2 Å². The molecule has 0 spiro atoms. The van der Waals surface area contributed by atoms with E-state index in [1.165, 1.54) is 6.07 Å². The lowest BCUT2D eigenvalue weighted by Crippen LogP contribution is -2.14. The van der Waals surface area contributed by atoms with Crippen LogP contribution in [-0.4, -0.2) is 15.8 Å². The Kier molecular flexibility index (Phi) is 5.29. The van der Waals surface area contributed by atoms with E-state index in [2.05, 4.69) is 26.2 Å². The molecule has 3 aromatic carbocycles. The summed E-state index contributed by atoms with van der Waals surface area (Å²) in [7, 11) is 0. The zero-order valence-electron chi connectivity index (χ0n) is 15.9. The van der Waals surface area contributed by atoms with Gasteiger partial charge in [0.25, 0.3) is 11.6 Å². The van der Waals surface area contributed by atoms with Gasteiger partial charge in [0.2, 0.25) is 0 Å². The minimum absolute atomic E-state index is 0.144. The van der Waals surface area contributed by atoms with E-state index < -0.39 is 10.8 Å². The van der Waals surface area contributed by atoms with Crippen LogP contribution in [0.15, 0.2) is 77.3 Å². The molecule has 0 bridgehead atoms. The van der Waals surface area contributed by atoms with E-state index in [9.17, 15) is 14.9 Å². The molecule has 4 rings (SSSR count). The number of benzene rings is 3. The number of carbonyl (C=O) groups is 1. The fraction of sp³-hybridized carbons (Fsp3) is 0.0435. The fourth-order valence-corrected chi connectivity index (χ4v) is 3.48. The number of halogens is 1. The maximum absolute atomic E-state index is 13.2. The highest BCUT2D eigenvalue weighted by Gasteiger charge is 2.19. The third kappa shape index (κ3) is 3.92. The molecule has 1 amide bonds. The van der Waals surface area contributed by atoms with Crippen LogP contribution >= 0.6 is 15.9 Å². The molecule has 0 aliphatic rings. The second-order valence-corrected chi connectivity index (χ2v) is 7.73. The van der Waals surface area contributed by atoms with Crippen LogP contribution in [-0.2, 0) is 0 Å². The van der Waals surface area contributed by atoms with Gasteiger partial charge in [-0.05, 0) is 42.8 Å². The number of nitrogens with zero attached hydrogens (tertiary/aromatic N) is 2. The first kappa shape index (κ1) is 19.7. The van der Waals surface area contributed by atoms with Gasteiger partial charge in [-0.15, -0.1) is 0 Å². The molecule has 0 saturated heterocycles. The predicted molar refractivity (Wildman–Crippen MR) is 121 cm³/mol. The van der Waals surface area contributed by atoms with E-state index in [-0.39, 0.29) is 11.4 Å². The number of anilines is 1. The molecule has 7 heteroatoms. The van der Waals surface area contributed by atoms with Crippen LogP contribution in [0.4, 0.5) is 11.4 Å². The van der Waals surface area contributed by atoms with Gasteiger partial charge in [-0.3, -0.25) is 14.9 Å². The first-order valence-corrected chi connectivity index (χ1v) is 9.94. The van der Waals surface area contributed by atoms with E-state index in [4.69, 9.17) is 0 Å². The predicted octanol–water partition coefficient (Wildman–Crippen LogP) is 6.13. The number of hydrogen-bond donors (Lipinski definition) is 1. The Morgan fingerprint density at radius 2 is 1.77 bits per heavy atom. The summed E-state index contributed by atoms with van der Waals surface area (Å²) in [6, 6.07) is 21.4. The van der Waals surface area contributed by atoms with E-state index in [0.29, 0.717) is 22.2 Å². The number of carbonyl (C=O) groups excluding carboxylic acids is 1. The molecule has 0 aliphatic carbocycles. The minimum Gasteiger partial charge on any atom is -0.316 e. The van der Waals surface area contributed by atoms with Crippen molar-refractivity contribution >= 4 is 44.1 Å². The van der Waals surface area contributed by atoms with Gasteiger partial charge in [0.15, 0.2) is 0 Å². The zero-order valence-corrected chi connectivity index (χ0v) is 17.5. The summed E-state index contributed by atoms with van der Waals surface area (Å²) in [4.78, 5) is 28.7. The van der Waals surface area contributed by atoms with Gasteiger partial charge in [0.1, 0.15) is 5.69 Å². The van der Waals surface area contributed by atoms with Crippen LogP contribution in [0.2, 0.25) is 0 Å². The van der Waals surface area contributed by atoms with Gasteiger partial charge in [-0.1, -0.05) is 52.3 Å². The van der Waals surface area contributed by atoms with Crippen LogP contribution < -0.4 is 5.32 Å². The van der Waals surface area contributed by atoms with Crippen molar-refractivity contribution < 1.29 is 9.72 Å². The van der Waals surface area contributed by atoms with E-state index in [0.717, 1.165) is 15.6 Å². The van der Waals surface area contributed by atoms with Crippen molar-refractivity contribution in [2.24, 2.45) is 0 Å². The van der Waals surface area contributed by atoms with Crippen LogP contribution in [0.5, 0.6) is 0 Å². The molecule has 0 unspecified atom stereocenters. The Bertz CT molecular complexity index is 1290. The maximum Gasteiger partial charge on any atom is 0.293 e. The minimum atomic E-state index is -0.499. The van der Waals surface area contributed by atoms with Gasteiger partial charge >= 0.3 is 0 Å². The largest absolute Gasteiger partial charge is 0.316 e. The van der Waals surface area contributed by atoms with Gasteiger partial charge in [0, 0.05) is 21.5 Å². The summed E-state index contributed by atoms with van der Waals surface area (Å²) in [6.45, 7) is 1.76. The molecular formula is C23H16BrN3O3. The SMILES string of the molecule is Cc1ccc(NC(=O)c2cc(-c3ccc(Br)cc3)nc3ccccc23)c([N+](=O)[O-])c1.